The molecule has 0 radical (unpaired) electrons. The Balaban J connectivity index is 1.13. The molecule has 0 N–H and O–H groups in total. The van der Waals surface area contributed by atoms with Crippen LogP contribution in [-0.2, 0) is 0 Å². The van der Waals surface area contributed by atoms with Crippen molar-refractivity contribution in [3.05, 3.63) is 206 Å². The molecule has 0 amide bonds. The average molecular weight is 799 g/mol. The molecule has 0 bridgehead atoms. The SMILES string of the molecule is c1ccc(-c2ccc(-c3ccc(-c4ccccc4)c4ccccc34)cc2-c2nc(-c3cccc4c3sc3ccccc34)cc(-c3cccc4c3sc3ccccc34)n2)cc1. The lowest BCUT2D eigenvalue weighted by Gasteiger charge is -2.16. The molecule has 2 nitrogen and oxygen atoms in total. The largest absolute Gasteiger partial charge is 0.228 e. The Bertz CT molecular complexity index is 3470. The zero-order chi connectivity index (χ0) is 39.6. The Morgan fingerprint density at radius 1 is 0.267 bits per heavy atom. The van der Waals surface area contributed by atoms with Crippen LogP contribution in [-0.4, -0.2) is 9.97 Å². The maximum Gasteiger partial charge on any atom is 0.161 e. The molecular weight excluding hydrogens is 765 g/mol. The van der Waals surface area contributed by atoms with E-state index in [2.05, 4.69) is 206 Å². The van der Waals surface area contributed by atoms with Gasteiger partial charge < -0.3 is 0 Å². The number of hydrogen-bond donors (Lipinski definition) is 0. The van der Waals surface area contributed by atoms with E-state index in [9.17, 15) is 0 Å². The molecule has 0 unspecified atom stereocenters. The Labute approximate surface area is 355 Å². The van der Waals surface area contributed by atoms with Crippen LogP contribution in [0.5, 0.6) is 0 Å². The lowest BCUT2D eigenvalue weighted by Crippen LogP contribution is -1.98. The molecule has 3 aromatic heterocycles. The van der Waals surface area contributed by atoms with Crippen LogP contribution < -0.4 is 0 Å². The molecule has 0 aliphatic carbocycles. The minimum absolute atomic E-state index is 0.699. The van der Waals surface area contributed by atoms with Crippen molar-refractivity contribution in [3.63, 3.8) is 0 Å². The number of aromatic nitrogens is 2. The van der Waals surface area contributed by atoms with Crippen molar-refractivity contribution in [2.75, 3.05) is 0 Å². The Morgan fingerprint density at radius 3 is 1.25 bits per heavy atom. The first kappa shape index (κ1) is 34.8. The second-order valence-electron chi connectivity index (χ2n) is 15.2. The summed E-state index contributed by atoms with van der Waals surface area (Å²) < 4.78 is 5.01. The summed E-state index contributed by atoms with van der Waals surface area (Å²) in [4.78, 5) is 11.2. The van der Waals surface area contributed by atoms with Crippen LogP contribution in [0.2, 0.25) is 0 Å². The summed E-state index contributed by atoms with van der Waals surface area (Å²) in [5.41, 5.74) is 12.0. The van der Waals surface area contributed by atoms with Gasteiger partial charge >= 0.3 is 0 Å². The fraction of sp³-hybridized carbons (Fsp3) is 0. The minimum Gasteiger partial charge on any atom is -0.228 e. The lowest BCUT2D eigenvalue weighted by atomic mass is 9.89. The predicted octanol–water partition coefficient (Wildman–Crippen LogP) is 16.4. The van der Waals surface area contributed by atoms with E-state index in [-0.39, 0.29) is 0 Å². The predicted molar refractivity (Wildman–Crippen MR) is 258 cm³/mol. The van der Waals surface area contributed by atoms with Crippen molar-refractivity contribution in [2.24, 2.45) is 0 Å². The number of fused-ring (bicyclic) bond motifs is 7. The average Bonchev–Trinajstić information content (AvgIpc) is 3.90. The van der Waals surface area contributed by atoms with E-state index in [4.69, 9.17) is 9.97 Å². The quantitative estimate of drug-likeness (QED) is 0.167. The first-order chi connectivity index (χ1) is 29.7. The molecule has 12 rings (SSSR count). The molecule has 0 spiro atoms. The first-order valence-corrected chi connectivity index (χ1v) is 21.9. The second kappa shape index (κ2) is 14.2. The Morgan fingerprint density at radius 2 is 0.700 bits per heavy atom. The first-order valence-electron chi connectivity index (χ1n) is 20.2. The summed E-state index contributed by atoms with van der Waals surface area (Å²) in [5, 5.41) is 7.48. The van der Waals surface area contributed by atoms with Gasteiger partial charge in [0, 0.05) is 57.0 Å². The van der Waals surface area contributed by atoms with Crippen LogP contribution >= 0.6 is 22.7 Å². The maximum atomic E-state index is 5.58. The van der Waals surface area contributed by atoms with E-state index >= 15 is 0 Å². The molecule has 0 aliphatic rings. The summed E-state index contributed by atoms with van der Waals surface area (Å²) in [7, 11) is 0. The van der Waals surface area contributed by atoms with Crippen LogP contribution in [0.1, 0.15) is 0 Å². The smallest absolute Gasteiger partial charge is 0.161 e. The van der Waals surface area contributed by atoms with E-state index < -0.39 is 0 Å². The molecule has 0 aliphatic heterocycles. The summed E-state index contributed by atoms with van der Waals surface area (Å²) in [5.74, 6) is 0.699. The molecule has 12 aromatic rings. The van der Waals surface area contributed by atoms with Crippen molar-refractivity contribution in [2.45, 2.75) is 0 Å². The maximum absolute atomic E-state index is 5.58. The van der Waals surface area contributed by atoms with Gasteiger partial charge in [-0.25, -0.2) is 9.97 Å². The summed E-state index contributed by atoms with van der Waals surface area (Å²) in [6.07, 6.45) is 0. The normalized spacial score (nSPS) is 11.7. The molecule has 0 atom stereocenters. The van der Waals surface area contributed by atoms with Gasteiger partial charge in [-0.05, 0) is 68.4 Å². The van der Waals surface area contributed by atoms with E-state index in [0.29, 0.717) is 5.82 Å². The van der Waals surface area contributed by atoms with Gasteiger partial charge in [0.15, 0.2) is 5.82 Å². The molecule has 0 saturated heterocycles. The fourth-order valence-corrected chi connectivity index (χ4v) is 11.4. The topological polar surface area (TPSA) is 25.8 Å². The molecule has 280 valence electrons. The summed E-state index contributed by atoms with van der Waals surface area (Å²) in [6, 6.07) is 74.3. The van der Waals surface area contributed by atoms with Crippen LogP contribution in [0.4, 0.5) is 0 Å². The highest BCUT2D eigenvalue weighted by atomic mass is 32.1. The van der Waals surface area contributed by atoms with E-state index in [1.54, 1.807) is 0 Å². The molecular formula is C56H34N2S2. The van der Waals surface area contributed by atoms with Gasteiger partial charge in [0.05, 0.1) is 11.4 Å². The number of thiophene rings is 2. The lowest BCUT2D eigenvalue weighted by molar-refractivity contribution is 1.19. The summed E-state index contributed by atoms with van der Waals surface area (Å²) >= 11 is 3.67. The number of nitrogens with zero attached hydrogens (tertiary/aromatic N) is 2. The highest BCUT2D eigenvalue weighted by molar-refractivity contribution is 7.26. The van der Waals surface area contributed by atoms with Gasteiger partial charge in [0.25, 0.3) is 0 Å². The van der Waals surface area contributed by atoms with Crippen molar-refractivity contribution < 1.29 is 0 Å². The number of rotatable bonds is 6. The zero-order valence-electron chi connectivity index (χ0n) is 32.3. The van der Waals surface area contributed by atoms with Gasteiger partial charge in [-0.2, -0.15) is 0 Å². The molecule has 9 aromatic carbocycles. The van der Waals surface area contributed by atoms with E-state index in [0.717, 1.165) is 44.8 Å². The van der Waals surface area contributed by atoms with Gasteiger partial charge in [-0.1, -0.05) is 182 Å². The van der Waals surface area contributed by atoms with Crippen molar-refractivity contribution >= 4 is 73.8 Å². The standard InChI is InChI=1S/C56H34N2S2/c1-3-15-35(16-4-1)38-31-32-40(42-20-8-7-19-41(38)42)37-29-30-39(36-17-5-2-6-18-36)49(33-37)56-57-50(47-25-13-23-45-43-21-9-11-27-52(43)59-54(45)47)34-51(58-56)48-26-14-24-46-44-22-10-12-28-53(44)60-55(46)48/h1-34H. The fourth-order valence-electron chi connectivity index (χ4n) is 8.93. The molecule has 0 fully saturated rings. The minimum atomic E-state index is 0.699. The third-order valence-corrected chi connectivity index (χ3v) is 14.2. The van der Waals surface area contributed by atoms with Crippen molar-refractivity contribution in [1.29, 1.82) is 0 Å². The highest BCUT2D eigenvalue weighted by Crippen LogP contribution is 2.45. The molecule has 0 saturated carbocycles. The van der Waals surface area contributed by atoms with Gasteiger partial charge in [-0.15, -0.1) is 22.7 Å². The van der Waals surface area contributed by atoms with Crippen molar-refractivity contribution in [3.8, 4) is 67.3 Å². The molecule has 4 heteroatoms. The monoisotopic (exact) mass is 798 g/mol. The van der Waals surface area contributed by atoms with E-state index in [1.807, 2.05) is 22.7 Å². The van der Waals surface area contributed by atoms with Crippen LogP contribution in [0.15, 0.2) is 206 Å². The summed E-state index contributed by atoms with van der Waals surface area (Å²) in [6.45, 7) is 0. The number of benzene rings is 9. The highest BCUT2D eigenvalue weighted by Gasteiger charge is 2.21. The second-order valence-corrected chi connectivity index (χ2v) is 17.3. The molecule has 60 heavy (non-hydrogen) atoms. The Hall–Kier alpha value is -7.24. The van der Waals surface area contributed by atoms with Gasteiger partial charge in [0.2, 0.25) is 0 Å². The Kier molecular flexibility index (Phi) is 8.25. The third-order valence-electron chi connectivity index (χ3n) is 11.8. The van der Waals surface area contributed by atoms with Crippen LogP contribution in [0.25, 0.3) is 118 Å². The zero-order valence-corrected chi connectivity index (χ0v) is 34.0. The third kappa shape index (κ3) is 5.76. The molecule has 3 heterocycles. The van der Waals surface area contributed by atoms with Crippen LogP contribution in [0.3, 0.4) is 0 Å². The van der Waals surface area contributed by atoms with Crippen LogP contribution in [0, 0.1) is 0 Å². The van der Waals surface area contributed by atoms with Gasteiger partial charge in [0.1, 0.15) is 0 Å². The van der Waals surface area contributed by atoms with E-state index in [1.165, 1.54) is 67.8 Å². The van der Waals surface area contributed by atoms with Gasteiger partial charge in [-0.3, -0.25) is 0 Å². The van der Waals surface area contributed by atoms with Crippen molar-refractivity contribution in [1.82, 2.24) is 9.97 Å². The number of hydrogen-bond acceptors (Lipinski definition) is 4.